The third-order valence-corrected chi connectivity index (χ3v) is 3.93. The van der Waals surface area contributed by atoms with E-state index in [0.29, 0.717) is 22.3 Å². The van der Waals surface area contributed by atoms with E-state index in [0.717, 1.165) is 4.57 Å². The van der Waals surface area contributed by atoms with Crippen LogP contribution in [0.4, 0.5) is 5.69 Å². The first kappa shape index (κ1) is 16.4. The van der Waals surface area contributed by atoms with Crippen LogP contribution in [0.15, 0.2) is 64.4 Å². The molecule has 134 valence electrons. The number of benzene rings is 2. The molecule has 0 saturated heterocycles. The van der Waals surface area contributed by atoms with E-state index in [1.54, 1.807) is 48.5 Å². The summed E-state index contributed by atoms with van der Waals surface area (Å²) in [5.41, 5.74) is 0.401. The van der Waals surface area contributed by atoms with Crippen molar-refractivity contribution >= 4 is 22.5 Å². The van der Waals surface area contributed by atoms with E-state index in [-0.39, 0.29) is 0 Å². The number of H-pyrrole nitrogens is 1. The highest BCUT2D eigenvalue weighted by Crippen LogP contribution is 2.13. The van der Waals surface area contributed by atoms with Gasteiger partial charge in [-0.3, -0.25) is 14.2 Å². The van der Waals surface area contributed by atoms with Gasteiger partial charge in [0.2, 0.25) is 5.91 Å². The number of tetrazole rings is 1. The summed E-state index contributed by atoms with van der Waals surface area (Å²) in [6.07, 6.45) is 1.43. The van der Waals surface area contributed by atoms with Crippen molar-refractivity contribution < 1.29 is 4.79 Å². The molecule has 2 heterocycles. The first-order valence-corrected chi connectivity index (χ1v) is 7.97. The SMILES string of the molecule is O=C(Cn1c(=O)[nH]c2ccccc2c1=O)Nc1cccc(-n2cnnn2)c1. The Morgan fingerprint density at radius 2 is 1.96 bits per heavy atom. The van der Waals surface area contributed by atoms with Gasteiger partial charge in [0.15, 0.2) is 0 Å². The van der Waals surface area contributed by atoms with E-state index >= 15 is 0 Å². The van der Waals surface area contributed by atoms with Gasteiger partial charge >= 0.3 is 5.69 Å². The molecule has 0 fully saturated rings. The Morgan fingerprint density at radius 3 is 2.78 bits per heavy atom. The molecule has 0 aliphatic heterocycles. The van der Waals surface area contributed by atoms with Crippen molar-refractivity contribution in [1.29, 1.82) is 0 Å². The van der Waals surface area contributed by atoms with Crippen LogP contribution in [0.1, 0.15) is 0 Å². The quantitative estimate of drug-likeness (QED) is 0.537. The van der Waals surface area contributed by atoms with Crippen molar-refractivity contribution in [3.8, 4) is 5.69 Å². The molecular formula is C17H13N7O3. The number of hydrogen-bond acceptors (Lipinski definition) is 6. The Hall–Kier alpha value is -4.08. The topological polar surface area (TPSA) is 128 Å². The number of fused-ring (bicyclic) bond motifs is 1. The summed E-state index contributed by atoms with van der Waals surface area (Å²) in [5, 5.41) is 13.9. The molecular weight excluding hydrogens is 350 g/mol. The monoisotopic (exact) mass is 363 g/mol. The lowest BCUT2D eigenvalue weighted by Crippen LogP contribution is -2.38. The molecule has 0 atom stereocenters. The number of rotatable bonds is 4. The summed E-state index contributed by atoms with van der Waals surface area (Å²) in [6.45, 7) is -0.409. The second kappa shape index (κ2) is 6.67. The average molecular weight is 363 g/mol. The molecule has 0 bridgehead atoms. The smallest absolute Gasteiger partial charge is 0.324 e. The van der Waals surface area contributed by atoms with Crippen LogP contribution < -0.4 is 16.6 Å². The molecule has 4 rings (SSSR count). The molecule has 10 heteroatoms. The van der Waals surface area contributed by atoms with Crippen molar-refractivity contribution in [2.45, 2.75) is 6.54 Å². The molecule has 0 spiro atoms. The predicted octanol–water partition coefficient (Wildman–Crippen LogP) is 0.304. The predicted molar refractivity (Wildman–Crippen MR) is 96.6 cm³/mol. The zero-order chi connectivity index (χ0) is 18.8. The highest BCUT2D eigenvalue weighted by atomic mass is 16.2. The number of aromatic nitrogens is 6. The lowest BCUT2D eigenvalue weighted by atomic mass is 10.2. The second-order valence-corrected chi connectivity index (χ2v) is 5.72. The van der Waals surface area contributed by atoms with Gasteiger partial charge in [0.05, 0.1) is 16.6 Å². The van der Waals surface area contributed by atoms with Gasteiger partial charge < -0.3 is 10.3 Å². The Morgan fingerprint density at radius 1 is 1.11 bits per heavy atom. The third kappa shape index (κ3) is 3.23. The maximum Gasteiger partial charge on any atom is 0.329 e. The summed E-state index contributed by atoms with van der Waals surface area (Å²) in [4.78, 5) is 39.6. The number of hydrogen-bond donors (Lipinski definition) is 2. The van der Waals surface area contributed by atoms with Crippen LogP contribution in [0.2, 0.25) is 0 Å². The average Bonchev–Trinajstić information content (AvgIpc) is 3.20. The number of anilines is 1. The summed E-state index contributed by atoms with van der Waals surface area (Å²) < 4.78 is 2.30. The molecule has 0 unspecified atom stereocenters. The Balaban J connectivity index is 1.59. The highest BCUT2D eigenvalue weighted by molar-refractivity contribution is 5.91. The largest absolute Gasteiger partial charge is 0.329 e. The molecule has 4 aromatic rings. The van der Waals surface area contributed by atoms with Crippen molar-refractivity contribution in [2.75, 3.05) is 5.32 Å². The van der Waals surface area contributed by atoms with Crippen LogP contribution in [0.25, 0.3) is 16.6 Å². The molecule has 0 saturated carbocycles. The number of aromatic amines is 1. The normalized spacial score (nSPS) is 10.8. The molecule has 27 heavy (non-hydrogen) atoms. The van der Waals surface area contributed by atoms with Gasteiger partial charge in [-0.2, -0.15) is 0 Å². The molecule has 0 aliphatic rings. The molecule has 1 amide bonds. The lowest BCUT2D eigenvalue weighted by molar-refractivity contribution is -0.116. The fraction of sp³-hybridized carbons (Fsp3) is 0.0588. The number of nitrogens with zero attached hydrogens (tertiary/aromatic N) is 5. The minimum atomic E-state index is -0.642. The summed E-state index contributed by atoms with van der Waals surface area (Å²) >= 11 is 0. The molecule has 2 aromatic carbocycles. The number of carbonyl (C=O) groups excluding carboxylic acids is 1. The van der Waals surface area contributed by atoms with Crippen molar-refractivity contribution in [2.24, 2.45) is 0 Å². The fourth-order valence-electron chi connectivity index (χ4n) is 2.69. The van der Waals surface area contributed by atoms with Gasteiger partial charge in [-0.25, -0.2) is 9.48 Å². The zero-order valence-electron chi connectivity index (χ0n) is 13.9. The van der Waals surface area contributed by atoms with Crippen LogP contribution in [0.3, 0.4) is 0 Å². The van der Waals surface area contributed by atoms with E-state index in [9.17, 15) is 14.4 Å². The van der Waals surface area contributed by atoms with Crippen molar-refractivity contribution in [3.63, 3.8) is 0 Å². The molecule has 0 radical (unpaired) electrons. The van der Waals surface area contributed by atoms with E-state index in [2.05, 4.69) is 25.8 Å². The van der Waals surface area contributed by atoms with Gasteiger partial charge in [-0.05, 0) is 40.8 Å². The molecule has 0 aliphatic carbocycles. The van der Waals surface area contributed by atoms with Gasteiger partial charge in [-0.15, -0.1) is 5.10 Å². The maximum atomic E-state index is 12.5. The third-order valence-electron chi connectivity index (χ3n) is 3.93. The minimum absolute atomic E-state index is 0.338. The van der Waals surface area contributed by atoms with Gasteiger partial charge in [0.1, 0.15) is 12.9 Å². The number of nitrogens with one attached hydrogen (secondary N) is 2. The summed E-state index contributed by atoms with van der Waals surface area (Å²) in [5.74, 6) is -0.508. The van der Waals surface area contributed by atoms with Gasteiger partial charge in [-0.1, -0.05) is 18.2 Å². The van der Waals surface area contributed by atoms with Crippen molar-refractivity contribution in [3.05, 3.63) is 75.7 Å². The second-order valence-electron chi connectivity index (χ2n) is 5.72. The standard InChI is InChI=1S/C17H13N7O3/c25-15(19-11-4-3-5-12(8-11)24-10-18-21-22-24)9-23-16(26)13-6-1-2-7-14(13)20-17(23)27/h1-8,10H,9H2,(H,19,25)(H,20,27). The van der Waals surface area contributed by atoms with Crippen LogP contribution in [0, 0.1) is 0 Å². The Kier molecular flexibility index (Phi) is 4.05. The maximum absolute atomic E-state index is 12.5. The number of para-hydroxylation sites is 1. The fourth-order valence-corrected chi connectivity index (χ4v) is 2.69. The summed E-state index contributed by atoms with van der Waals surface area (Å²) in [6, 6.07) is 13.5. The summed E-state index contributed by atoms with van der Waals surface area (Å²) in [7, 11) is 0. The van der Waals surface area contributed by atoms with E-state index < -0.39 is 23.7 Å². The van der Waals surface area contributed by atoms with Crippen LogP contribution >= 0.6 is 0 Å². The van der Waals surface area contributed by atoms with Gasteiger partial charge in [0, 0.05) is 5.69 Å². The lowest BCUT2D eigenvalue weighted by Gasteiger charge is -2.09. The van der Waals surface area contributed by atoms with Gasteiger partial charge in [0.25, 0.3) is 5.56 Å². The zero-order valence-corrected chi connectivity index (χ0v) is 13.9. The molecule has 2 aromatic heterocycles. The number of carbonyl (C=O) groups is 1. The minimum Gasteiger partial charge on any atom is -0.324 e. The first-order valence-electron chi connectivity index (χ1n) is 7.97. The Bertz CT molecular complexity index is 1240. The van der Waals surface area contributed by atoms with E-state index in [1.165, 1.54) is 11.0 Å². The van der Waals surface area contributed by atoms with Crippen LogP contribution in [-0.2, 0) is 11.3 Å². The Labute approximate surface area is 151 Å². The van der Waals surface area contributed by atoms with Crippen LogP contribution in [-0.4, -0.2) is 35.7 Å². The first-order chi connectivity index (χ1) is 13.1. The highest BCUT2D eigenvalue weighted by Gasteiger charge is 2.11. The molecule has 2 N–H and O–H groups in total. The number of amides is 1. The van der Waals surface area contributed by atoms with Crippen molar-refractivity contribution in [1.82, 2.24) is 29.8 Å². The van der Waals surface area contributed by atoms with E-state index in [1.807, 2.05) is 0 Å². The van der Waals surface area contributed by atoms with E-state index in [4.69, 9.17) is 0 Å². The molecule has 10 nitrogen and oxygen atoms in total. The van der Waals surface area contributed by atoms with Crippen LogP contribution in [0.5, 0.6) is 0 Å².